The summed E-state index contributed by atoms with van der Waals surface area (Å²) in [5.41, 5.74) is -0.0376. The largest absolute Gasteiger partial charge is 0.396 e. The van der Waals surface area contributed by atoms with Gasteiger partial charge in [-0.05, 0) is 12.8 Å². The van der Waals surface area contributed by atoms with Crippen molar-refractivity contribution in [2.24, 2.45) is 5.92 Å². The zero-order valence-electron chi connectivity index (χ0n) is 7.88. The molecule has 74 valence electrons. The SMILES string of the molecule is O=C1CC(CO)C2(CCCCC2)N1. The number of amides is 1. The summed E-state index contributed by atoms with van der Waals surface area (Å²) in [5, 5.41) is 12.3. The molecule has 1 heterocycles. The van der Waals surface area contributed by atoms with Crippen LogP contribution in [0.1, 0.15) is 38.5 Å². The molecule has 13 heavy (non-hydrogen) atoms. The Hall–Kier alpha value is -0.570. The third-order valence-corrected chi connectivity index (χ3v) is 3.57. The van der Waals surface area contributed by atoms with Gasteiger partial charge in [-0.3, -0.25) is 4.79 Å². The fourth-order valence-electron chi connectivity index (χ4n) is 2.81. The fourth-order valence-corrected chi connectivity index (χ4v) is 2.81. The normalized spacial score (nSPS) is 32.1. The van der Waals surface area contributed by atoms with Crippen LogP contribution in [0.2, 0.25) is 0 Å². The van der Waals surface area contributed by atoms with Gasteiger partial charge in [0.1, 0.15) is 0 Å². The van der Waals surface area contributed by atoms with E-state index in [4.69, 9.17) is 0 Å². The minimum absolute atomic E-state index is 0.0376. The number of hydrogen-bond donors (Lipinski definition) is 2. The minimum atomic E-state index is -0.0376. The number of rotatable bonds is 1. The topological polar surface area (TPSA) is 49.3 Å². The van der Waals surface area contributed by atoms with Crippen LogP contribution in [0.15, 0.2) is 0 Å². The molecule has 0 aromatic carbocycles. The first-order chi connectivity index (χ1) is 6.27. The molecule has 0 radical (unpaired) electrons. The maximum Gasteiger partial charge on any atom is 0.220 e. The second-order valence-corrected chi connectivity index (χ2v) is 4.35. The van der Waals surface area contributed by atoms with Crippen LogP contribution in [0.25, 0.3) is 0 Å². The van der Waals surface area contributed by atoms with Gasteiger partial charge in [0.15, 0.2) is 0 Å². The highest BCUT2D eigenvalue weighted by atomic mass is 16.3. The molecule has 1 amide bonds. The lowest BCUT2D eigenvalue weighted by atomic mass is 9.74. The molecule has 1 saturated heterocycles. The highest BCUT2D eigenvalue weighted by Gasteiger charge is 2.46. The Morgan fingerprint density at radius 3 is 2.69 bits per heavy atom. The first kappa shape index (κ1) is 9.00. The average molecular weight is 183 g/mol. The van der Waals surface area contributed by atoms with Crippen LogP contribution in [0, 0.1) is 5.92 Å². The molecule has 0 aromatic heterocycles. The zero-order valence-corrected chi connectivity index (χ0v) is 7.88. The predicted molar refractivity (Wildman–Crippen MR) is 49.2 cm³/mol. The predicted octanol–water partition coefficient (Wildman–Crippen LogP) is 0.818. The van der Waals surface area contributed by atoms with Crippen molar-refractivity contribution < 1.29 is 9.90 Å². The van der Waals surface area contributed by atoms with Crippen LogP contribution < -0.4 is 5.32 Å². The zero-order chi connectivity index (χ0) is 9.31. The van der Waals surface area contributed by atoms with E-state index >= 15 is 0 Å². The molecule has 1 aliphatic carbocycles. The molecule has 1 unspecified atom stereocenters. The molecule has 2 N–H and O–H groups in total. The molecule has 3 nitrogen and oxygen atoms in total. The van der Waals surface area contributed by atoms with E-state index in [2.05, 4.69) is 5.32 Å². The van der Waals surface area contributed by atoms with E-state index in [1.165, 1.54) is 19.3 Å². The summed E-state index contributed by atoms with van der Waals surface area (Å²) < 4.78 is 0. The van der Waals surface area contributed by atoms with Gasteiger partial charge in [0, 0.05) is 24.5 Å². The Labute approximate surface area is 78.5 Å². The summed E-state index contributed by atoms with van der Waals surface area (Å²) in [6.07, 6.45) is 6.30. The number of aliphatic hydroxyl groups is 1. The lowest BCUT2D eigenvalue weighted by Gasteiger charge is -2.37. The Kier molecular flexibility index (Phi) is 2.28. The van der Waals surface area contributed by atoms with Gasteiger partial charge in [0.2, 0.25) is 5.91 Å². The number of carbonyl (C=O) groups excluding carboxylic acids is 1. The molecular weight excluding hydrogens is 166 g/mol. The van der Waals surface area contributed by atoms with Crippen molar-refractivity contribution in [2.45, 2.75) is 44.1 Å². The van der Waals surface area contributed by atoms with Crippen molar-refractivity contribution in [2.75, 3.05) is 6.61 Å². The minimum Gasteiger partial charge on any atom is -0.396 e. The summed E-state index contributed by atoms with van der Waals surface area (Å²) in [4.78, 5) is 11.3. The summed E-state index contributed by atoms with van der Waals surface area (Å²) in [6.45, 7) is 0.152. The summed E-state index contributed by atoms with van der Waals surface area (Å²) >= 11 is 0. The number of hydrogen-bond acceptors (Lipinski definition) is 2. The quantitative estimate of drug-likeness (QED) is 0.632. The van der Waals surface area contributed by atoms with Crippen LogP contribution in [0.3, 0.4) is 0 Å². The van der Waals surface area contributed by atoms with Gasteiger partial charge in [-0.15, -0.1) is 0 Å². The molecule has 2 fully saturated rings. The van der Waals surface area contributed by atoms with Crippen molar-refractivity contribution in [3.05, 3.63) is 0 Å². The van der Waals surface area contributed by atoms with Gasteiger partial charge in [0.25, 0.3) is 0 Å². The summed E-state index contributed by atoms with van der Waals surface area (Å²) in [7, 11) is 0. The third-order valence-electron chi connectivity index (χ3n) is 3.57. The summed E-state index contributed by atoms with van der Waals surface area (Å²) in [5.74, 6) is 0.293. The molecule has 3 heteroatoms. The number of aliphatic hydroxyl groups excluding tert-OH is 1. The van der Waals surface area contributed by atoms with E-state index in [0.29, 0.717) is 6.42 Å². The molecule has 2 rings (SSSR count). The first-order valence-corrected chi connectivity index (χ1v) is 5.19. The lowest BCUT2D eigenvalue weighted by molar-refractivity contribution is -0.120. The van der Waals surface area contributed by atoms with Gasteiger partial charge >= 0.3 is 0 Å². The Bertz CT molecular complexity index is 209. The van der Waals surface area contributed by atoms with Crippen LogP contribution in [0.5, 0.6) is 0 Å². The van der Waals surface area contributed by atoms with E-state index in [1.54, 1.807) is 0 Å². The second kappa shape index (κ2) is 3.29. The molecule has 1 saturated carbocycles. The Morgan fingerprint density at radius 2 is 2.08 bits per heavy atom. The molecular formula is C10H17NO2. The summed E-state index contributed by atoms with van der Waals surface area (Å²) in [6, 6.07) is 0. The van der Waals surface area contributed by atoms with Gasteiger partial charge in [-0.1, -0.05) is 19.3 Å². The Morgan fingerprint density at radius 1 is 1.38 bits per heavy atom. The van der Waals surface area contributed by atoms with E-state index < -0.39 is 0 Å². The van der Waals surface area contributed by atoms with E-state index in [1.807, 2.05) is 0 Å². The monoisotopic (exact) mass is 183 g/mol. The smallest absolute Gasteiger partial charge is 0.220 e. The van der Waals surface area contributed by atoms with Crippen molar-refractivity contribution in [1.82, 2.24) is 5.32 Å². The first-order valence-electron chi connectivity index (χ1n) is 5.19. The van der Waals surface area contributed by atoms with Crippen molar-refractivity contribution in [3.8, 4) is 0 Å². The maximum absolute atomic E-state index is 11.3. The van der Waals surface area contributed by atoms with Crippen molar-refractivity contribution >= 4 is 5.91 Å². The molecule has 0 aromatic rings. The Balaban J connectivity index is 2.13. The standard InChI is InChI=1S/C10H17NO2/c12-7-8-6-9(13)11-10(8)4-2-1-3-5-10/h8,12H,1-7H2,(H,11,13). The third kappa shape index (κ3) is 1.46. The fraction of sp³-hybridized carbons (Fsp3) is 0.900. The molecule has 1 aliphatic heterocycles. The second-order valence-electron chi connectivity index (χ2n) is 4.35. The highest BCUT2D eigenvalue weighted by molar-refractivity contribution is 5.80. The van der Waals surface area contributed by atoms with Crippen LogP contribution in [-0.4, -0.2) is 23.2 Å². The van der Waals surface area contributed by atoms with Gasteiger partial charge < -0.3 is 10.4 Å². The van der Waals surface area contributed by atoms with E-state index in [0.717, 1.165) is 12.8 Å². The van der Waals surface area contributed by atoms with Crippen LogP contribution >= 0.6 is 0 Å². The number of carbonyl (C=O) groups is 1. The molecule has 0 bridgehead atoms. The van der Waals surface area contributed by atoms with E-state index in [-0.39, 0.29) is 24.0 Å². The van der Waals surface area contributed by atoms with Crippen LogP contribution in [0.4, 0.5) is 0 Å². The van der Waals surface area contributed by atoms with Crippen molar-refractivity contribution in [3.63, 3.8) is 0 Å². The maximum atomic E-state index is 11.3. The van der Waals surface area contributed by atoms with Crippen molar-refractivity contribution in [1.29, 1.82) is 0 Å². The van der Waals surface area contributed by atoms with Crippen LogP contribution in [-0.2, 0) is 4.79 Å². The van der Waals surface area contributed by atoms with E-state index in [9.17, 15) is 9.90 Å². The lowest BCUT2D eigenvalue weighted by Crippen LogP contribution is -2.48. The van der Waals surface area contributed by atoms with Gasteiger partial charge in [-0.2, -0.15) is 0 Å². The average Bonchev–Trinajstić information content (AvgIpc) is 2.43. The highest BCUT2D eigenvalue weighted by Crippen LogP contribution is 2.39. The van der Waals surface area contributed by atoms with Gasteiger partial charge in [-0.25, -0.2) is 0 Å². The molecule has 1 atom stereocenters. The van der Waals surface area contributed by atoms with Gasteiger partial charge in [0.05, 0.1) is 0 Å². The molecule has 1 spiro atoms. The molecule has 2 aliphatic rings. The number of nitrogens with one attached hydrogen (secondary N) is 1.